The average Bonchev–Trinajstić information content (AvgIpc) is 3.04. The highest BCUT2D eigenvalue weighted by Crippen LogP contribution is 2.28. The van der Waals surface area contributed by atoms with E-state index in [1.54, 1.807) is 12.1 Å². The van der Waals surface area contributed by atoms with Gasteiger partial charge in [0.05, 0.1) is 4.90 Å². The van der Waals surface area contributed by atoms with Crippen LogP contribution in [0.4, 0.5) is 5.13 Å². The van der Waals surface area contributed by atoms with E-state index in [2.05, 4.69) is 29.4 Å². The molecule has 0 aliphatic rings. The monoisotopic (exact) mass is 382 g/mol. The van der Waals surface area contributed by atoms with Gasteiger partial charge in [-0.15, -0.1) is 10.2 Å². The predicted octanol–water partition coefficient (Wildman–Crippen LogP) is 2.94. The Morgan fingerprint density at radius 3 is 2.52 bits per heavy atom. The van der Waals surface area contributed by atoms with Crippen molar-refractivity contribution >= 4 is 32.4 Å². The summed E-state index contributed by atoms with van der Waals surface area (Å²) in [6.07, 6.45) is 1.92. The SMILES string of the molecule is CCC(CC)c1nnc(NC(=O)c2cccc(S(=O)(=O)N(C)C)c2)s1. The molecule has 1 heterocycles. The second kappa shape index (κ2) is 8.03. The van der Waals surface area contributed by atoms with Gasteiger partial charge in [0.25, 0.3) is 5.91 Å². The number of sulfonamides is 1. The lowest BCUT2D eigenvalue weighted by Gasteiger charge is -2.12. The minimum atomic E-state index is -3.59. The Labute approximate surface area is 152 Å². The molecule has 0 bridgehead atoms. The molecular weight excluding hydrogens is 360 g/mol. The van der Waals surface area contributed by atoms with Crippen molar-refractivity contribution in [1.29, 1.82) is 0 Å². The molecule has 1 amide bonds. The van der Waals surface area contributed by atoms with E-state index in [1.165, 1.54) is 37.6 Å². The standard InChI is InChI=1S/C16H22N4O3S2/c1-5-11(6-2)15-18-19-16(24-15)17-14(21)12-8-7-9-13(10-12)25(22,23)20(3)4/h7-11H,5-6H2,1-4H3,(H,17,19,21). The number of nitrogens with zero attached hydrogens (tertiary/aromatic N) is 3. The van der Waals surface area contributed by atoms with Gasteiger partial charge in [-0.25, -0.2) is 12.7 Å². The number of carbonyl (C=O) groups excluding carboxylic acids is 1. The fraction of sp³-hybridized carbons (Fsp3) is 0.438. The Hall–Kier alpha value is -1.84. The zero-order valence-electron chi connectivity index (χ0n) is 14.7. The van der Waals surface area contributed by atoms with E-state index in [0.29, 0.717) is 11.0 Å². The van der Waals surface area contributed by atoms with Gasteiger partial charge in [0.15, 0.2) is 0 Å². The second-order valence-electron chi connectivity index (χ2n) is 5.73. The van der Waals surface area contributed by atoms with E-state index in [9.17, 15) is 13.2 Å². The Morgan fingerprint density at radius 2 is 1.92 bits per heavy atom. The number of aromatic nitrogens is 2. The van der Waals surface area contributed by atoms with Crippen molar-refractivity contribution < 1.29 is 13.2 Å². The first kappa shape index (κ1) is 19.5. The molecule has 0 aliphatic carbocycles. The van der Waals surface area contributed by atoms with Gasteiger partial charge >= 0.3 is 0 Å². The van der Waals surface area contributed by atoms with Crippen molar-refractivity contribution in [3.05, 3.63) is 34.8 Å². The number of hydrogen-bond acceptors (Lipinski definition) is 6. The third-order valence-electron chi connectivity index (χ3n) is 3.87. The Kier molecular flexibility index (Phi) is 6.26. The van der Waals surface area contributed by atoms with Gasteiger partial charge in [0.1, 0.15) is 5.01 Å². The average molecular weight is 383 g/mol. The largest absolute Gasteiger partial charge is 0.296 e. The Bertz CT molecular complexity index is 843. The molecule has 1 aromatic carbocycles. The van der Waals surface area contributed by atoms with Crippen LogP contribution in [-0.4, -0.2) is 42.9 Å². The molecule has 2 rings (SSSR count). The van der Waals surface area contributed by atoms with Gasteiger partial charge < -0.3 is 0 Å². The highest BCUT2D eigenvalue weighted by Gasteiger charge is 2.20. The van der Waals surface area contributed by atoms with Gasteiger partial charge in [-0.05, 0) is 31.0 Å². The molecule has 0 saturated carbocycles. The first-order valence-electron chi connectivity index (χ1n) is 7.96. The molecule has 1 aromatic heterocycles. The molecule has 0 unspecified atom stereocenters. The molecule has 0 fully saturated rings. The third kappa shape index (κ3) is 4.42. The first-order valence-corrected chi connectivity index (χ1v) is 10.2. The van der Waals surface area contributed by atoms with Crippen molar-refractivity contribution in [3.63, 3.8) is 0 Å². The number of hydrogen-bond donors (Lipinski definition) is 1. The Balaban J connectivity index is 2.20. The summed E-state index contributed by atoms with van der Waals surface area (Å²) in [6.45, 7) is 4.18. The molecule has 7 nitrogen and oxygen atoms in total. The molecule has 0 aliphatic heterocycles. The number of nitrogens with one attached hydrogen (secondary N) is 1. The van der Waals surface area contributed by atoms with Gasteiger partial charge in [-0.3, -0.25) is 10.1 Å². The van der Waals surface area contributed by atoms with Gasteiger partial charge in [0.2, 0.25) is 15.2 Å². The molecule has 0 spiro atoms. The van der Waals surface area contributed by atoms with E-state index < -0.39 is 15.9 Å². The van der Waals surface area contributed by atoms with Crippen molar-refractivity contribution in [2.45, 2.75) is 37.5 Å². The summed E-state index contributed by atoms with van der Waals surface area (Å²) in [5, 5.41) is 12.1. The van der Waals surface area contributed by atoms with E-state index in [4.69, 9.17) is 0 Å². The van der Waals surface area contributed by atoms with Crippen LogP contribution in [0.15, 0.2) is 29.2 Å². The van der Waals surface area contributed by atoms with Gasteiger partial charge in [-0.2, -0.15) is 0 Å². The molecule has 2 aromatic rings. The summed E-state index contributed by atoms with van der Waals surface area (Å²) in [6, 6.07) is 5.92. The number of amides is 1. The van der Waals surface area contributed by atoms with Crippen LogP contribution in [-0.2, 0) is 10.0 Å². The van der Waals surface area contributed by atoms with E-state index in [0.717, 1.165) is 22.2 Å². The van der Waals surface area contributed by atoms with Crippen molar-refractivity contribution in [1.82, 2.24) is 14.5 Å². The number of carbonyl (C=O) groups is 1. The van der Waals surface area contributed by atoms with Gasteiger partial charge in [0, 0.05) is 25.6 Å². The lowest BCUT2D eigenvalue weighted by Crippen LogP contribution is -2.22. The number of benzene rings is 1. The highest BCUT2D eigenvalue weighted by atomic mass is 32.2. The lowest BCUT2D eigenvalue weighted by atomic mass is 10.1. The smallest absolute Gasteiger partial charge is 0.257 e. The van der Waals surface area contributed by atoms with Crippen LogP contribution < -0.4 is 5.32 Å². The minimum Gasteiger partial charge on any atom is -0.296 e. The maximum Gasteiger partial charge on any atom is 0.257 e. The molecular formula is C16H22N4O3S2. The molecule has 0 saturated heterocycles. The van der Waals surface area contributed by atoms with Crippen LogP contribution in [0.25, 0.3) is 0 Å². The van der Waals surface area contributed by atoms with Crippen LogP contribution in [0.1, 0.15) is 48.0 Å². The van der Waals surface area contributed by atoms with Crippen molar-refractivity contribution in [2.75, 3.05) is 19.4 Å². The second-order valence-corrected chi connectivity index (χ2v) is 8.89. The van der Waals surface area contributed by atoms with Crippen LogP contribution in [0.3, 0.4) is 0 Å². The van der Waals surface area contributed by atoms with E-state index in [-0.39, 0.29) is 10.5 Å². The maximum absolute atomic E-state index is 12.4. The Morgan fingerprint density at radius 1 is 1.24 bits per heavy atom. The summed E-state index contributed by atoms with van der Waals surface area (Å²) < 4.78 is 25.5. The van der Waals surface area contributed by atoms with E-state index in [1.807, 2.05) is 0 Å². The summed E-state index contributed by atoms with van der Waals surface area (Å²) >= 11 is 1.35. The first-order chi connectivity index (χ1) is 11.8. The number of anilines is 1. The number of rotatable bonds is 7. The zero-order valence-corrected chi connectivity index (χ0v) is 16.3. The normalized spacial score (nSPS) is 11.9. The summed E-state index contributed by atoms with van der Waals surface area (Å²) in [5.41, 5.74) is 0.252. The quantitative estimate of drug-likeness (QED) is 0.795. The molecule has 9 heteroatoms. The fourth-order valence-electron chi connectivity index (χ4n) is 2.27. The minimum absolute atomic E-state index is 0.0696. The molecule has 136 valence electrons. The summed E-state index contributed by atoms with van der Waals surface area (Å²) in [4.78, 5) is 12.5. The highest BCUT2D eigenvalue weighted by molar-refractivity contribution is 7.89. The summed E-state index contributed by atoms with van der Waals surface area (Å²) in [5.74, 6) is -0.0835. The lowest BCUT2D eigenvalue weighted by molar-refractivity contribution is 0.102. The van der Waals surface area contributed by atoms with Crippen LogP contribution in [0.5, 0.6) is 0 Å². The van der Waals surface area contributed by atoms with Crippen LogP contribution in [0.2, 0.25) is 0 Å². The molecule has 0 atom stereocenters. The molecule has 25 heavy (non-hydrogen) atoms. The van der Waals surface area contributed by atoms with Crippen LogP contribution in [0, 0.1) is 0 Å². The van der Waals surface area contributed by atoms with E-state index >= 15 is 0 Å². The maximum atomic E-state index is 12.4. The van der Waals surface area contributed by atoms with Crippen LogP contribution >= 0.6 is 11.3 Å². The summed E-state index contributed by atoms with van der Waals surface area (Å²) in [7, 11) is -0.697. The van der Waals surface area contributed by atoms with Crippen molar-refractivity contribution in [3.8, 4) is 0 Å². The van der Waals surface area contributed by atoms with Gasteiger partial charge in [-0.1, -0.05) is 31.3 Å². The fourth-order valence-corrected chi connectivity index (χ4v) is 4.22. The third-order valence-corrected chi connectivity index (χ3v) is 6.68. The topological polar surface area (TPSA) is 92.3 Å². The zero-order chi connectivity index (χ0) is 18.6. The van der Waals surface area contributed by atoms with Crippen molar-refractivity contribution in [2.24, 2.45) is 0 Å². The molecule has 1 N–H and O–H groups in total. The predicted molar refractivity (Wildman–Crippen MR) is 98.5 cm³/mol. The molecule has 0 radical (unpaired) electrons.